The van der Waals surface area contributed by atoms with Crippen LogP contribution >= 0.6 is 39.0 Å². The monoisotopic (exact) mass is 662 g/mol. The fourth-order valence-electron chi connectivity index (χ4n) is 4.86. The third-order valence-electron chi connectivity index (χ3n) is 6.62. The lowest BCUT2D eigenvalue weighted by Crippen LogP contribution is -2.40. The molecule has 3 aromatic heterocycles. The van der Waals surface area contributed by atoms with Gasteiger partial charge in [-0.1, -0.05) is 41.7 Å². The van der Waals surface area contributed by atoms with Gasteiger partial charge in [-0.15, -0.1) is 0 Å². The van der Waals surface area contributed by atoms with E-state index in [-0.39, 0.29) is 17.7 Å². The van der Waals surface area contributed by atoms with Crippen LogP contribution in [0.4, 0.5) is 0 Å². The van der Waals surface area contributed by atoms with E-state index >= 15 is 0 Å². The van der Waals surface area contributed by atoms with Gasteiger partial charge < -0.3 is 13.9 Å². The number of hydrogen-bond acceptors (Lipinski definition) is 10. The number of ether oxygens (including phenoxy) is 2. The molecule has 0 fully saturated rings. The first-order chi connectivity index (χ1) is 20.4. The number of allylic oxidation sites excluding steroid dienone is 1. The Morgan fingerprint density at radius 3 is 2.74 bits per heavy atom. The molecule has 5 aromatic rings. The molecule has 0 N–H and O–H groups in total. The van der Waals surface area contributed by atoms with Gasteiger partial charge in [-0.05, 0) is 70.5 Å². The van der Waals surface area contributed by atoms with Crippen molar-refractivity contribution in [1.82, 2.24) is 14.5 Å². The van der Waals surface area contributed by atoms with Gasteiger partial charge in [0.15, 0.2) is 15.1 Å². The van der Waals surface area contributed by atoms with Gasteiger partial charge in [0.2, 0.25) is 0 Å². The third kappa shape index (κ3) is 5.10. The van der Waals surface area contributed by atoms with Crippen LogP contribution in [0.3, 0.4) is 0 Å². The first kappa shape index (κ1) is 28.1. The van der Waals surface area contributed by atoms with Crippen LogP contribution < -0.4 is 19.6 Å². The minimum absolute atomic E-state index is 0.182. The minimum Gasteiger partial charge on any atom is -0.496 e. The second-order valence-corrected chi connectivity index (χ2v) is 11.9. The number of aromatic nitrogens is 3. The topological polar surface area (TPSA) is 109 Å². The molecule has 0 saturated carbocycles. The number of rotatable bonds is 7. The van der Waals surface area contributed by atoms with E-state index in [2.05, 4.69) is 30.9 Å². The summed E-state index contributed by atoms with van der Waals surface area (Å²) in [6.07, 6.45) is 4.98. The molecule has 212 valence electrons. The maximum atomic E-state index is 14.1. The number of nitrogens with zero attached hydrogens (tertiary/aromatic N) is 4. The zero-order chi connectivity index (χ0) is 29.4. The van der Waals surface area contributed by atoms with E-state index in [1.807, 2.05) is 36.4 Å². The molecule has 0 spiro atoms. The minimum atomic E-state index is -0.826. The highest BCUT2D eigenvalue weighted by Gasteiger charge is 2.36. The third-order valence-corrected chi connectivity index (χ3v) is 9.33. The van der Waals surface area contributed by atoms with Gasteiger partial charge in [-0.3, -0.25) is 9.36 Å². The lowest BCUT2D eigenvalue weighted by Gasteiger charge is -2.27. The maximum absolute atomic E-state index is 14.1. The number of furan rings is 1. The molecule has 0 unspecified atom stereocenters. The maximum Gasteiger partial charge on any atom is 0.338 e. The number of fused-ring (bicyclic) bond motifs is 2. The van der Waals surface area contributed by atoms with Crippen LogP contribution in [0.1, 0.15) is 31.2 Å². The Kier molecular flexibility index (Phi) is 7.84. The SMILES string of the molecule is CCOC(=O)C1=C(C)N=c2s/c(=C/c3cc(Br)c(Sc4ncccn4)o3)c(=O)n2[C@H]1c1c(OC)ccc2ccccc12. The van der Waals surface area contributed by atoms with Crippen LogP contribution in [0.15, 0.2) is 101 Å². The van der Waals surface area contributed by atoms with Crippen LogP contribution in [0.5, 0.6) is 5.75 Å². The molecule has 9 nitrogen and oxygen atoms in total. The Balaban J connectivity index is 1.55. The Hall–Kier alpha value is -4.00. The molecular weight excluding hydrogens is 640 g/mol. The molecular formula is C30H23BrN4O5S2. The molecule has 0 saturated heterocycles. The molecule has 4 heterocycles. The molecule has 1 aliphatic heterocycles. The smallest absolute Gasteiger partial charge is 0.338 e. The van der Waals surface area contributed by atoms with Crippen LogP contribution in [0, 0.1) is 0 Å². The van der Waals surface area contributed by atoms with E-state index in [9.17, 15) is 9.59 Å². The van der Waals surface area contributed by atoms with E-state index in [0.717, 1.165) is 10.8 Å². The van der Waals surface area contributed by atoms with E-state index in [0.29, 0.717) is 46.8 Å². The lowest BCUT2D eigenvalue weighted by molar-refractivity contribution is -0.139. The molecule has 12 heteroatoms. The predicted molar refractivity (Wildman–Crippen MR) is 163 cm³/mol. The van der Waals surface area contributed by atoms with E-state index in [1.165, 1.54) is 23.1 Å². The highest BCUT2D eigenvalue weighted by atomic mass is 79.9. The largest absolute Gasteiger partial charge is 0.496 e. The number of hydrogen-bond donors (Lipinski definition) is 0. The Labute approximate surface area is 256 Å². The fraction of sp³-hybridized carbons (Fsp3) is 0.167. The molecule has 6 rings (SSSR count). The van der Waals surface area contributed by atoms with Crippen molar-refractivity contribution in [2.75, 3.05) is 13.7 Å². The van der Waals surface area contributed by atoms with Crippen molar-refractivity contribution in [1.29, 1.82) is 0 Å². The van der Waals surface area contributed by atoms with Crippen molar-refractivity contribution >= 4 is 61.8 Å². The first-order valence-electron chi connectivity index (χ1n) is 12.9. The summed E-state index contributed by atoms with van der Waals surface area (Å²) in [5.74, 6) is 0.475. The quantitative estimate of drug-likeness (QED) is 0.172. The lowest BCUT2D eigenvalue weighted by atomic mass is 9.90. The Bertz CT molecular complexity index is 2050. The van der Waals surface area contributed by atoms with Gasteiger partial charge in [-0.2, -0.15) is 0 Å². The number of carbonyl (C=O) groups is 1. The zero-order valence-electron chi connectivity index (χ0n) is 22.7. The second-order valence-electron chi connectivity index (χ2n) is 9.12. The van der Waals surface area contributed by atoms with Crippen LogP contribution in [-0.2, 0) is 9.53 Å². The molecule has 1 atom stereocenters. The van der Waals surface area contributed by atoms with Crippen LogP contribution in [0.2, 0.25) is 0 Å². The average molecular weight is 664 g/mol. The molecule has 0 amide bonds. The van der Waals surface area contributed by atoms with E-state index < -0.39 is 12.0 Å². The summed E-state index contributed by atoms with van der Waals surface area (Å²) in [5.41, 5.74) is 1.13. The number of esters is 1. The van der Waals surface area contributed by atoms with Gasteiger partial charge >= 0.3 is 5.97 Å². The summed E-state index contributed by atoms with van der Waals surface area (Å²) in [6.45, 7) is 3.68. The van der Waals surface area contributed by atoms with Gasteiger partial charge in [0, 0.05) is 24.0 Å². The van der Waals surface area contributed by atoms with E-state index in [1.54, 1.807) is 56.1 Å². The highest BCUT2D eigenvalue weighted by Crippen LogP contribution is 2.40. The van der Waals surface area contributed by atoms with Gasteiger partial charge in [0.25, 0.3) is 5.56 Å². The average Bonchev–Trinajstić information content (AvgIpc) is 3.49. The van der Waals surface area contributed by atoms with Crippen molar-refractivity contribution in [2.24, 2.45) is 4.99 Å². The second kappa shape index (κ2) is 11.7. The standard InChI is InChI=1S/C30H23BrN4O5S2/c1-4-39-27(37)23-16(2)34-30-35(25(23)24-19-9-6-5-8-17(19)10-11-21(24)38-3)26(36)22(41-30)15-18-14-20(31)28(40-18)42-29-32-12-7-13-33-29/h5-15,25H,4H2,1-3H3/b22-15+/t25-/m1/s1. The summed E-state index contributed by atoms with van der Waals surface area (Å²) in [7, 11) is 1.57. The number of methoxy groups -OCH3 is 1. The molecule has 2 aromatic carbocycles. The Morgan fingerprint density at radius 2 is 1.98 bits per heavy atom. The van der Waals surface area contributed by atoms with Gasteiger partial charge in [-0.25, -0.2) is 19.8 Å². The normalized spacial score (nSPS) is 15.0. The summed E-state index contributed by atoms with van der Waals surface area (Å²) in [5, 5.41) is 2.89. The van der Waals surface area contributed by atoms with Crippen LogP contribution in [0.25, 0.3) is 16.8 Å². The molecule has 42 heavy (non-hydrogen) atoms. The molecule has 0 aliphatic carbocycles. The number of halogens is 1. The van der Waals surface area contributed by atoms with Crippen molar-refractivity contribution in [3.05, 3.63) is 108 Å². The number of benzene rings is 2. The summed E-state index contributed by atoms with van der Waals surface area (Å²) in [4.78, 5) is 41.1. The van der Waals surface area contributed by atoms with Crippen molar-refractivity contribution in [2.45, 2.75) is 30.1 Å². The van der Waals surface area contributed by atoms with Crippen molar-refractivity contribution in [3.63, 3.8) is 0 Å². The van der Waals surface area contributed by atoms with Crippen molar-refractivity contribution in [3.8, 4) is 5.75 Å². The summed E-state index contributed by atoms with van der Waals surface area (Å²) in [6, 6.07) is 14.3. The predicted octanol–water partition coefficient (Wildman–Crippen LogP) is 5.26. The number of thiazole rings is 1. The first-order valence-corrected chi connectivity index (χ1v) is 15.3. The summed E-state index contributed by atoms with van der Waals surface area (Å²) < 4.78 is 19.9. The zero-order valence-corrected chi connectivity index (χ0v) is 25.9. The molecule has 1 aliphatic rings. The van der Waals surface area contributed by atoms with Crippen molar-refractivity contribution < 1.29 is 18.7 Å². The van der Waals surface area contributed by atoms with E-state index in [4.69, 9.17) is 13.9 Å². The Morgan fingerprint density at radius 1 is 1.19 bits per heavy atom. The number of carbonyl (C=O) groups excluding carboxylic acids is 1. The fourth-order valence-corrected chi connectivity index (χ4v) is 7.12. The van der Waals surface area contributed by atoms with Gasteiger partial charge in [0.1, 0.15) is 17.6 Å². The highest BCUT2D eigenvalue weighted by molar-refractivity contribution is 9.10. The molecule has 0 bridgehead atoms. The van der Waals surface area contributed by atoms with Crippen LogP contribution in [-0.4, -0.2) is 34.2 Å². The molecule has 0 radical (unpaired) electrons. The summed E-state index contributed by atoms with van der Waals surface area (Å²) >= 11 is 6.01. The van der Waals surface area contributed by atoms with Gasteiger partial charge in [0.05, 0.1) is 34.0 Å².